The molecule has 1 rings (SSSR count). The highest BCUT2D eigenvalue weighted by Gasteiger charge is 2.29. The SMILES string of the molecule is CCCCCCCCC(CCCCCC)OC(=O)CCCCCCCOC[C@@H]1CC(C)CN1CCCCCC(C)=O. The lowest BCUT2D eigenvalue weighted by Gasteiger charge is -2.24. The van der Waals surface area contributed by atoms with Crippen molar-refractivity contribution in [1.82, 2.24) is 4.90 Å². The highest BCUT2D eigenvalue weighted by Crippen LogP contribution is 2.24. The van der Waals surface area contributed by atoms with Crippen molar-refractivity contribution in [2.24, 2.45) is 5.92 Å². The van der Waals surface area contributed by atoms with Crippen LogP contribution in [0.3, 0.4) is 0 Å². The molecule has 0 aliphatic carbocycles. The summed E-state index contributed by atoms with van der Waals surface area (Å²) in [5, 5.41) is 0. The van der Waals surface area contributed by atoms with Crippen LogP contribution < -0.4 is 0 Å². The largest absolute Gasteiger partial charge is 0.462 e. The van der Waals surface area contributed by atoms with Gasteiger partial charge in [-0.25, -0.2) is 0 Å². The fraction of sp³-hybridized carbons (Fsp3) is 0.944. The molecule has 242 valence electrons. The van der Waals surface area contributed by atoms with Crippen molar-refractivity contribution in [2.75, 3.05) is 26.3 Å². The van der Waals surface area contributed by atoms with Crippen LogP contribution >= 0.6 is 0 Å². The standard InChI is InChI=1S/C36H69NO4/c1-5-7-9-11-13-19-25-35(24-18-10-8-6-2)41-36(39)26-20-14-12-15-22-28-40-31-34-29-32(3)30-37(34)27-21-16-17-23-33(4)38/h32,34-35H,5-31H2,1-4H3/t32?,34-,35?/m0/s1. The van der Waals surface area contributed by atoms with E-state index in [9.17, 15) is 9.59 Å². The molecule has 0 radical (unpaired) electrons. The Morgan fingerprint density at radius 2 is 1.29 bits per heavy atom. The van der Waals surface area contributed by atoms with Gasteiger partial charge in [0, 0.05) is 32.0 Å². The van der Waals surface area contributed by atoms with Crippen LogP contribution in [-0.4, -0.2) is 55.1 Å². The second-order valence-corrected chi connectivity index (χ2v) is 13.1. The monoisotopic (exact) mass is 580 g/mol. The van der Waals surface area contributed by atoms with Crippen LogP contribution in [0.2, 0.25) is 0 Å². The first-order valence-corrected chi connectivity index (χ1v) is 18.0. The van der Waals surface area contributed by atoms with Gasteiger partial charge in [0.1, 0.15) is 11.9 Å². The maximum Gasteiger partial charge on any atom is 0.306 e. The minimum atomic E-state index is 0.0222. The van der Waals surface area contributed by atoms with Gasteiger partial charge in [0.2, 0.25) is 0 Å². The van der Waals surface area contributed by atoms with Crippen molar-refractivity contribution >= 4 is 11.8 Å². The molecule has 1 heterocycles. The van der Waals surface area contributed by atoms with E-state index in [1.165, 1.54) is 96.4 Å². The zero-order valence-electron chi connectivity index (χ0n) is 27.9. The van der Waals surface area contributed by atoms with Gasteiger partial charge in [-0.2, -0.15) is 0 Å². The van der Waals surface area contributed by atoms with Crippen LogP contribution in [0, 0.1) is 5.92 Å². The molecule has 0 spiro atoms. The molecule has 1 fully saturated rings. The summed E-state index contributed by atoms with van der Waals surface area (Å²) in [5.74, 6) is 1.08. The van der Waals surface area contributed by atoms with Crippen LogP contribution in [0.5, 0.6) is 0 Å². The normalized spacial score (nSPS) is 18.1. The van der Waals surface area contributed by atoms with Crippen molar-refractivity contribution in [3.8, 4) is 0 Å². The number of rotatable bonds is 29. The molecular weight excluding hydrogens is 510 g/mol. The van der Waals surface area contributed by atoms with Crippen molar-refractivity contribution in [2.45, 2.75) is 188 Å². The van der Waals surface area contributed by atoms with Gasteiger partial charge < -0.3 is 14.3 Å². The molecule has 0 aromatic heterocycles. The van der Waals surface area contributed by atoms with Gasteiger partial charge in [0.15, 0.2) is 0 Å². The third kappa shape index (κ3) is 22.3. The topological polar surface area (TPSA) is 55.8 Å². The first-order valence-electron chi connectivity index (χ1n) is 18.0. The average Bonchev–Trinajstić information content (AvgIpc) is 3.30. The van der Waals surface area contributed by atoms with Crippen molar-refractivity contribution in [3.63, 3.8) is 0 Å². The second-order valence-electron chi connectivity index (χ2n) is 13.1. The second kappa shape index (κ2) is 26.7. The Hall–Kier alpha value is -0.940. The quantitative estimate of drug-likeness (QED) is 0.0652. The van der Waals surface area contributed by atoms with E-state index in [4.69, 9.17) is 9.47 Å². The van der Waals surface area contributed by atoms with Gasteiger partial charge in [-0.05, 0) is 77.2 Å². The maximum absolute atomic E-state index is 12.5. The molecule has 0 saturated carbocycles. The molecule has 0 aromatic carbocycles. The Labute approximate surface area is 255 Å². The van der Waals surface area contributed by atoms with Gasteiger partial charge in [0.25, 0.3) is 0 Å². The van der Waals surface area contributed by atoms with E-state index >= 15 is 0 Å². The number of carbonyl (C=O) groups excluding carboxylic acids is 2. The summed E-state index contributed by atoms with van der Waals surface area (Å²) in [6.45, 7) is 12.6. The summed E-state index contributed by atoms with van der Waals surface area (Å²) in [6, 6.07) is 0.556. The summed E-state index contributed by atoms with van der Waals surface area (Å²) in [4.78, 5) is 26.3. The van der Waals surface area contributed by atoms with Gasteiger partial charge in [-0.15, -0.1) is 0 Å². The van der Waals surface area contributed by atoms with E-state index in [1.807, 2.05) is 0 Å². The highest BCUT2D eigenvalue weighted by molar-refractivity contribution is 5.75. The fourth-order valence-electron chi connectivity index (χ4n) is 6.23. The molecule has 0 bridgehead atoms. The average molecular weight is 580 g/mol. The predicted molar refractivity (Wildman–Crippen MR) is 173 cm³/mol. The maximum atomic E-state index is 12.5. The van der Waals surface area contributed by atoms with Crippen LogP contribution in [0.1, 0.15) is 175 Å². The predicted octanol–water partition coefficient (Wildman–Crippen LogP) is 9.84. The van der Waals surface area contributed by atoms with Crippen LogP contribution in [-0.2, 0) is 19.1 Å². The lowest BCUT2D eigenvalue weighted by molar-refractivity contribution is -0.150. The first kappa shape index (κ1) is 38.1. The zero-order chi connectivity index (χ0) is 30.0. The van der Waals surface area contributed by atoms with E-state index in [0.29, 0.717) is 18.2 Å². The van der Waals surface area contributed by atoms with Crippen LogP contribution in [0.4, 0.5) is 0 Å². The minimum Gasteiger partial charge on any atom is -0.462 e. The van der Waals surface area contributed by atoms with E-state index in [2.05, 4.69) is 25.7 Å². The number of likely N-dealkylation sites (tertiary alicyclic amines) is 1. The van der Waals surface area contributed by atoms with Crippen molar-refractivity contribution < 1.29 is 19.1 Å². The molecule has 2 unspecified atom stereocenters. The molecule has 5 heteroatoms. The first-order chi connectivity index (χ1) is 20.0. The number of hydrogen-bond donors (Lipinski definition) is 0. The number of nitrogens with zero attached hydrogens (tertiary/aromatic N) is 1. The number of Topliss-reactive ketones (excluding diaryl/α,β-unsaturated/α-hetero) is 1. The van der Waals surface area contributed by atoms with Crippen molar-refractivity contribution in [1.29, 1.82) is 0 Å². The van der Waals surface area contributed by atoms with Gasteiger partial charge >= 0.3 is 5.97 Å². The lowest BCUT2D eigenvalue weighted by atomic mass is 10.0. The Morgan fingerprint density at radius 1 is 0.732 bits per heavy atom. The Balaban J connectivity index is 2.10. The van der Waals surface area contributed by atoms with Gasteiger partial charge in [-0.1, -0.05) is 97.8 Å². The van der Waals surface area contributed by atoms with Crippen LogP contribution in [0.25, 0.3) is 0 Å². The summed E-state index contributed by atoms with van der Waals surface area (Å²) in [5.41, 5.74) is 0. The number of esters is 1. The molecule has 1 aliphatic heterocycles. The summed E-state index contributed by atoms with van der Waals surface area (Å²) in [7, 11) is 0. The third-order valence-corrected chi connectivity index (χ3v) is 8.75. The molecule has 5 nitrogen and oxygen atoms in total. The summed E-state index contributed by atoms with van der Waals surface area (Å²) in [6.07, 6.45) is 26.3. The lowest BCUT2D eigenvalue weighted by Crippen LogP contribution is -2.34. The Morgan fingerprint density at radius 3 is 1.98 bits per heavy atom. The van der Waals surface area contributed by atoms with Gasteiger partial charge in [0.05, 0.1) is 6.61 Å². The molecule has 0 N–H and O–H groups in total. The Bertz CT molecular complexity index is 625. The smallest absolute Gasteiger partial charge is 0.306 e. The molecule has 1 aliphatic rings. The Kier molecular flexibility index (Phi) is 24.8. The van der Waals surface area contributed by atoms with Crippen molar-refractivity contribution in [3.05, 3.63) is 0 Å². The molecular formula is C36H69NO4. The number of hydrogen-bond acceptors (Lipinski definition) is 5. The number of ether oxygens (including phenoxy) is 2. The van der Waals surface area contributed by atoms with E-state index in [0.717, 1.165) is 77.0 Å². The number of ketones is 1. The van der Waals surface area contributed by atoms with Gasteiger partial charge in [-0.3, -0.25) is 9.69 Å². The molecule has 41 heavy (non-hydrogen) atoms. The zero-order valence-corrected chi connectivity index (χ0v) is 27.9. The van der Waals surface area contributed by atoms with Crippen LogP contribution in [0.15, 0.2) is 0 Å². The van der Waals surface area contributed by atoms with E-state index in [1.54, 1.807) is 6.92 Å². The summed E-state index contributed by atoms with van der Waals surface area (Å²) >= 11 is 0. The summed E-state index contributed by atoms with van der Waals surface area (Å²) < 4.78 is 12.0. The third-order valence-electron chi connectivity index (χ3n) is 8.75. The highest BCUT2D eigenvalue weighted by atomic mass is 16.5. The molecule has 0 amide bonds. The molecule has 1 saturated heterocycles. The minimum absolute atomic E-state index is 0.0222. The van der Waals surface area contributed by atoms with E-state index < -0.39 is 0 Å². The number of unbranched alkanes of at least 4 members (excludes halogenated alkanes) is 14. The molecule has 3 atom stereocenters. The fourth-order valence-corrected chi connectivity index (χ4v) is 6.23. The molecule has 0 aromatic rings. The van der Waals surface area contributed by atoms with E-state index in [-0.39, 0.29) is 12.1 Å². The number of carbonyl (C=O) groups is 2.